The summed E-state index contributed by atoms with van der Waals surface area (Å²) in [7, 11) is -3.97. The molecule has 0 unspecified atom stereocenters. The van der Waals surface area contributed by atoms with E-state index < -0.39 is 16.0 Å². The molecule has 0 fully saturated rings. The molecule has 1 aromatic heterocycles. The Bertz CT molecular complexity index is 811. The number of rotatable bonds is 4. The molecule has 0 spiro atoms. The summed E-state index contributed by atoms with van der Waals surface area (Å²) in [5.41, 5.74) is -0.194. The SMILES string of the molecule is O=C(O)c1ccc(S(=O)(=O)Nc2ccnc(Cl)n2)cc1Cl. The summed E-state index contributed by atoms with van der Waals surface area (Å²) in [5, 5.41) is 8.54. The van der Waals surface area contributed by atoms with E-state index in [1.54, 1.807) is 0 Å². The number of halogens is 2. The van der Waals surface area contributed by atoms with E-state index in [1.165, 1.54) is 12.3 Å². The summed E-state index contributed by atoms with van der Waals surface area (Å²) in [6, 6.07) is 4.58. The van der Waals surface area contributed by atoms with Crippen molar-refractivity contribution in [1.29, 1.82) is 0 Å². The molecule has 0 saturated carbocycles. The van der Waals surface area contributed by atoms with Gasteiger partial charge in [-0.15, -0.1) is 0 Å². The summed E-state index contributed by atoms with van der Waals surface area (Å²) in [4.78, 5) is 17.9. The Morgan fingerprint density at radius 2 is 1.95 bits per heavy atom. The summed E-state index contributed by atoms with van der Waals surface area (Å²) in [6.45, 7) is 0. The van der Waals surface area contributed by atoms with Gasteiger partial charge in [0.1, 0.15) is 5.82 Å². The van der Waals surface area contributed by atoms with E-state index >= 15 is 0 Å². The van der Waals surface area contributed by atoms with Crippen LogP contribution in [0.15, 0.2) is 35.4 Å². The van der Waals surface area contributed by atoms with Crippen LogP contribution in [0.25, 0.3) is 0 Å². The van der Waals surface area contributed by atoms with Crippen molar-refractivity contribution in [3.8, 4) is 0 Å². The van der Waals surface area contributed by atoms with Crippen molar-refractivity contribution in [3.05, 3.63) is 46.3 Å². The van der Waals surface area contributed by atoms with Gasteiger partial charge in [0.2, 0.25) is 5.28 Å². The van der Waals surface area contributed by atoms with Crippen LogP contribution in [0.5, 0.6) is 0 Å². The average molecular weight is 348 g/mol. The number of hydrogen-bond acceptors (Lipinski definition) is 5. The third kappa shape index (κ3) is 3.60. The molecule has 0 bridgehead atoms. The van der Waals surface area contributed by atoms with E-state index in [1.807, 2.05) is 0 Å². The molecule has 10 heteroatoms. The van der Waals surface area contributed by atoms with E-state index in [9.17, 15) is 13.2 Å². The summed E-state index contributed by atoms with van der Waals surface area (Å²) >= 11 is 11.3. The first-order valence-electron chi connectivity index (χ1n) is 5.34. The number of nitrogens with zero attached hydrogens (tertiary/aromatic N) is 2. The second-order valence-corrected chi connectivity index (χ2v) is 6.19. The minimum atomic E-state index is -3.97. The van der Waals surface area contributed by atoms with Crippen molar-refractivity contribution in [3.63, 3.8) is 0 Å². The van der Waals surface area contributed by atoms with Gasteiger partial charge in [-0.2, -0.15) is 4.98 Å². The number of aromatic nitrogens is 2. The smallest absolute Gasteiger partial charge is 0.337 e. The number of anilines is 1. The topological polar surface area (TPSA) is 109 Å². The van der Waals surface area contributed by atoms with Crippen molar-refractivity contribution in [2.45, 2.75) is 4.90 Å². The molecule has 0 aliphatic carbocycles. The van der Waals surface area contributed by atoms with E-state index in [-0.39, 0.29) is 26.6 Å². The van der Waals surface area contributed by atoms with Gasteiger partial charge >= 0.3 is 5.97 Å². The van der Waals surface area contributed by atoms with Crippen LogP contribution < -0.4 is 4.72 Å². The molecule has 0 atom stereocenters. The lowest BCUT2D eigenvalue weighted by Gasteiger charge is -2.08. The van der Waals surface area contributed by atoms with E-state index in [0.29, 0.717) is 0 Å². The summed E-state index contributed by atoms with van der Waals surface area (Å²) in [6.07, 6.45) is 1.29. The summed E-state index contributed by atoms with van der Waals surface area (Å²) < 4.78 is 26.4. The number of carbonyl (C=O) groups is 1. The van der Waals surface area contributed by atoms with Gasteiger partial charge in [-0.1, -0.05) is 11.6 Å². The van der Waals surface area contributed by atoms with Crippen LogP contribution in [0, 0.1) is 0 Å². The fraction of sp³-hybridized carbons (Fsp3) is 0. The zero-order valence-electron chi connectivity index (χ0n) is 10.1. The molecule has 110 valence electrons. The number of nitrogens with one attached hydrogen (secondary N) is 1. The van der Waals surface area contributed by atoms with Gasteiger partial charge in [0.25, 0.3) is 10.0 Å². The number of carboxylic acid groups (broad SMARTS) is 1. The van der Waals surface area contributed by atoms with Crippen molar-refractivity contribution < 1.29 is 18.3 Å². The Balaban J connectivity index is 2.36. The standard InChI is InChI=1S/C11H7Cl2N3O4S/c12-8-5-6(1-2-7(8)10(17)18)21(19,20)16-9-3-4-14-11(13)15-9/h1-5H,(H,17,18)(H,14,15,16). The van der Waals surface area contributed by atoms with Crippen LogP contribution in [0.4, 0.5) is 5.82 Å². The fourth-order valence-corrected chi connectivity index (χ4v) is 2.93. The van der Waals surface area contributed by atoms with Crippen LogP contribution in [0.3, 0.4) is 0 Å². The molecule has 1 aromatic carbocycles. The van der Waals surface area contributed by atoms with Crippen molar-refractivity contribution in [2.24, 2.45) is 0 Å². The van der Waals surface area contributed by atoms with E-state index in [0.717, 1.165) is 18.2 Å². The highest BCUT2D eigenvalue weighted by Gasteiger charge is 2.18. The third-order valence-corrected chi connectivity index (χ3v) is 4.19. The highest BCUT2D eigenvalue weighted by atomic mass is 35.5. The van der Waals surface area contributed by atoms with Gasteiger partial charge in [-0.3, -0.25) is 4.72 Å². The molecule has 21 heavy (non-hydrogen) atoms. The number of carboxylic acids is 1. The second kappa shape index (κ2) is 5.84. The van der Waals surface area contributed by atoms with Crippen LogP contribution in [0.2, 0.25) is 10.3 Å². The van der Waals surface area contributed by atoms with Crippen LogP contribution in [-0.2, 0) is 10.0 Å². The summed E-state index contributed by atoms with van der Waals surface area (Å²) in [5.74, 6) is -1.27. The molecule has 2 aromatic rings. The Morgan fingerprint density at radius 1 is 1.24 bits per heavy atom. The van der Waals surface area contributed by atoms with Gasteiger partial charge in [-0.25, -0.2) is 18.2 Å². The minimum absolute atomic E-state index is 0.0200. The highest BCUT2D eigenvalue weighted by molar-refractivity contribution is 7.92. The van der Waals surface area contributed by atoms with E-state index in [4.69, 9.17) is 28.3 Å². The second-order valence-electron chi connectivity index (χ2n) is 3.76. The first-order valence-corrected chi connectivity index (χ1v) is 7.58. The molecule has 0 aliphatic heterocycles. The molecule has 0 saturated heterocycles. The third-order valence-electron chi connectivity index (χ3n) is 2.35. The molecule has 7 nitrogen and oxygen atoms in total. The molecular weight excluding hydrogens is 341 g/mol. The molecule has 0 amide bonds. The zero-order valence-corrected chi connectivity index (χ0v) is 12.4. The molecule has 2 rings (SSSR count). The first-order chi connectivity index (χ1) is 9.79. The predicted octanol–water partition coefficient (Wildman–Crippen LogP) is 2.28. The molecule has 2 N–H and O–H groups in total. The lowest BCUT2D eigenvalue weighted by molar-refractivity contribution is 0.0697. The van der Waals surface area contributed by atoms with Gasteiger partial charge in [0.15, 0.2) is 0 Å². The maximum Gasteiger partial charge on any atom is 0.337 e. The van der Waals surface area contributed by atoms with Crippen molar-refractivity contribution in [1.82, 2.24) is 9.97 Å². The van der Waals surface area contributed by atoms with Crippen LogP contribution in [0.1, 0.15) is 10.4 Å². The van der Waals surface area contributed by atoms with Gasteiger partial charge in [-0.05, 0) is 35.9 Å². The lowest BCUT2D eigenvalue weighted by atomic mass is 10.2. The molecular formula is C11H7Cl2N3O4S. The van der Waals surface area contributed by atoms with Crippen LogP contribution >= 0.6 is 23.2 Å². The average Bonchev–Trinajstić information content (AvgIpc) is 2.37. The van der Waals surface area contributed by atoms with Gasteiger partial charge in [0, 0.05) is 6.20 Å². The Labute approximate surface area is 129 Å². The predicted molar refractivity (Wildman–Crippen MR) is 76.3 cm³/mol. The lowest BCUT2D eigenvalue weighted by Crippen LogP contribution is -2.14. The van der Waals surface area contributed by atoms with Crippen LogP contribution in [-0.4, -0.2) is 29.5 Å². The molecule has 0 aliphatic rings. The molecule has 1 heterocycles. The number of hydrogen-bond donors (Lipinski definition) is 2. The number of sulfonamides is 1. The maximum atomic E-state index is 12.1. The zero-order chi connectivity index (χ0) is 15.6. The minimum Gasteiger partial charge on any atom is -0.478 e. The van der Waals surface area contributed by atoms with E-state index in [2.05, 4.69) is 14.7 Å². The number of benzene rings is 1. The monoisotopic (exact) mass is 347 g/mol. The number of aromatic carboxylic acids is 1. The maximum absolute atomic E-state index is 12.1. The Morgan fingerprint density at radius 3 is 2.52 bits per heavy atom. The van der Waals surface area contributed by atoms with Gasteiger partial charge in [0.05, 0.1) is 15.5 Å². The Kier molecular flexibility index (Phi) is 4.31. The van der Waals surface area contributed by atoms with Crippen molar-refractivity contribution >= 4 is 45.0 Å². The normalized spacial score (nSPS) is 11.1. The van der Waals surface area contributed by atoms with Gasteiger partial charge < -0.3 is 5.11 Å². The fourth-order valence-electron chi connectivity index (χ4n) is 1.42. The first kappa shape index (κ1) is 15.5. The Hall–Kier alpha value is -1.90. The molecule has 0 radical (unpaired) electrons. The highest BCUT2D eigenvalue weighted by Crippen LogP contribution is 2.22. The van der Waals surface area contributed by atoms with Crippen molar-refractivity contribution in [2.75, 3.05) is 4.72 Å². The largest absolute Gasteiger partial charge is 0.478 e. The quantitative estimate of drug-likeness (QED) is 0.821.